The van der Waals surface area contributed by atoms with Gasteiger partial charge in [0.05, 0.1) is 5.39 Å². The van der Waals surface area contributed by atoms with Crippen LogP contribution < -0.4 is 10.7 Å². The Hall–Kier alpha value is -2.88. The number of rotatable bonds is 2. The summed E-state index contributed by atoms with van der Waals surface area (Å²) >= 11 is 0. The minimum absolute atomic E-state index is 0.0655. The molecule has 3 rings (SSSR count). The van der Waals surface area contributed by atoms with Crippen molar-refractivity contribution >= 4 is 22.6 Å². The van der Waals surface area contributed by atoms with Crippen molar-refractivity contribution in [2.24, 2.45) is 0 Å². The predicted molar refractivity (Wildman–Crippen MR) is 101 cm³/mol. The molecular weight excluding hydrogens is 314 g/mol. The minimum atomic E-state index is -0.171. The first-order valence-electron chi connectivity index (χ1n) is 8.20. The summed E-state index contributed by atoms with van der Waals surface area (Å²) in [6.07, 6.45) is 0. The lowest BCUT2D eigenvalue weighted by Crippen LogP contribution is -2.10. The van der Waals surface area contributed by atoms with E-state index in [2.05, 4.69) is 26.1 Å². The third-order valence-electron chi connectivity index (χ3n) is 4.08. The van der Waals surface area contributed by atoms with Crippen LogP contribution in [0.15, 0.2) is 57.7 Å². The predicted octanol–water partition coefficient (Wildman–Crippen LogP) is 4.72. The van der Waals surface area contributed by atoms with Crippen LogP contribution in [-0.4, -0.2) is 5.91 Å². The molecule has 0 aliphatic rings. The first-order chi connectivity index (χ1) is 11.7. The Kier molecular flexibility index (Phi) is 4.21. The van der Waals surface area contributed by atoms with Gasteiger partial charge in [-0.15, -0.1) is 0 Å². The van der Waals surface area contributed by atoms with Gasteiger partial charge in [0.2, 0.25) is 5.91 Å². The summed E-state index contributed by atoms with van der Waals surface area (Å²) in [6.45, 7) is 7.90. The summed E-state index contributed by atoms with van der Waals surface area (Å²) in [5.41, 5.74) is 3.07. The summed E-state index contributed by atoms with van der Waals surface area (Å²) in [6, 6.07) is 14.6. The van der Waals surface area contributed by atoms with Crippen molar-refractivity contribution in [1.82, 2.24) is 0 Å². The average molecular weight is 335 g/mol. The highest BCUT2D eigenvalue weighted by Crippen LogP contribution is 2.27. The lowest BCUT2D eigenvalue weighted by atomic mass is 9.86. The largest absolute Gasteiger partial charge is 0.456 e. The van der Waals surface area contributed by atoms with Crippen LogP contribution in [0.2, 0.25) is 0 Å². The van der Waals surface area contributed by atoms with E-state index in [9.17, 15) is 9.59 Å². The molecule has 2 aromatic carbocycles. The highest BCUT2D eigenvalue weighted by molar-refractivity contribution is 5.91. The van der Waals surface area contributed by atoms with Crippen LogP contribution in [0.25, 0.3) is 22.3 Å². The van der Waals surface area contributed by atoms with Crippen molar-refractivity contribution in [1.29, 1.82) is 0 Å². The number of hydrogen-bond acceptors (Lipinski definition) is 3. The van der Waals surface area contributed by atoms with Crippen LogP contribution in [0, 0.1) is 0 Å². The Labute approximate surface area is 146 Å². The van der Waals surface area contributed by atoms with Crippen molar-refractivity contribution in [3.05, 3.63) is 64.3 Å². The number of hydrogen-bond donors (Lipinski definition) is 1. The van der Waals surface area contributed by atoms with Crippen LogP contribution in [0.5, 0.6) is 0 Å². The number of benzene rings is 2. The second kappa shape index (κ2) is 6.20. The molecule has 0 aliphatic heterocycles. The van der Waals surface area contributed by atoms with Crippen LogP contribution in [0.4, 0.5) is 5.69 Å². The zero-order chi connectivity index (χ0) is 18.2. The second-order valence-electron chi connectivity index (χ2n) is 7.19. The fourth-order valence-corrected chi connectivity index (χ4v) is 2.71. The minimum Gasteiger partial charge on any atom is -0.456 e. The van der Waals surface area contributed by atoms with Gasteiger partial charge in [-0.05, 0) is 23.1 Å². The topological polar surface area (TPSA) is 59.3 Å². The standard InChI is InChI=1S/C21H21NO3/c1-13(23)22-16-9-10-17-18(24)12-19(25-20(17)11-16)14-5-7-15(8-6-14)21(2,3)4/h5-12H,1-4H3,(H,22,23). The molecule has 0 spiro atoms. The van der Waals surface area contributed by atoms with Crippen LogP contribution in [-0.2, 0) is 10.2 Å². The van der Waals surface area contributed by atoms with Crippen LogP contribution in [0.3, 0.4) is 0 Å². The van der Waals surface area contributed by atoms with Gasteiger partial charge in [-0.2, -0.15) is 0 Å². The van der Waals surface area contributed by atoms with Crippen molar-refractivity contribution in [2.75, 3.05) is 5.32 Å². The maximum atomic E-state index is 12.4. The third-order valence-corrected chi connectivity index (χ3v) is 4.08. The lowest BCUT2D eigenvalue weighted by molar-refractivity contribution is -0.114. The molecule has 1 N–H and O–H groups in total. The van der Waals surface area contributed by atoms with E-state index in [1.54, 1.807) is 18.2 Å². The Balaban J connectivity index is 2.07. The SMILES string of the molecule is CC(=O)Nc1ccc2c(=O)cc(-c3ccc(C(C)(C)C)cc3)oc2c1. The maximum absolute atomic E-state index is 12.4. The third kappa shape index (κ3) is 3.63. The van der Waals surface area contributed by atoms with E-state index >= 15 is 0 Å². The zero-order valence-electron chi connectivity index (χ0n) is 14.8. The molecule has 3 aromatic rings. The molecule has 4 heteroatoms. The Bertz CT molecular complexity index is 992. The highest BCUT2D eigenvalue weighted by Gasteiger charge is 2.14. The number of fused-ring (bicyclic) bond motifs is 1. The van der Waals surface area contributed by atoms with Gasteiger partial charge in [0.25, 0.3) is 0 Å². The van der Waals surface area contributed by atoms with E-state index in [1.807, 2.05) is 24.3 Å². The molecular formula is C21H21NO3. The van der Waals surface area contributed by atoms with Crippen LogP contribution >= 0.6 is 0 Å². The lowest BCUT2D eigenvalue weighted by Gasteiger charge is -2.19. The molecule has 1 aromatic heterocycles. The number of carbonyl (C=O) groups is 1. The quantitative estimate of drug-likeness (QED) is 0.737. The average Bonchev–Trinajstić information content (AvgIpc) is 2.53. The number of carbonyl (C=O) groups excluding carboxylic acids is 1. The molecule has 0 aliphatic carbocycles. The van der Waals surface area contributed by atoms with Gasteiger partial charge in [-0.1, -0.05) is 45.0 Å². The summed E-state index contributed by atoms with van der Waals surface area (Å²) in [4.78, 5) is 23.6. The van der Waals surface area contributed by atoms with Crippen molar-refractivity contribution in [2.45, 2.75) is 33.1 Å². The molecule has 0 radical (unpaired) electrons. The van der Waals surface area contributed by atoms with Crippen molar-refractivity contribution in [3.8, 4) is 11.3 Å². The summed E-state index contributed by atoms with van der Waals surface area (Å²) < 4.78 is 5.93. The normalized spacial score (nSPS) is 11.5. The Morgan fingerprint density at radius 2 is 1.68 bits per heavy atom. The van der Waals surface area contributed by atoms with E-state index in [0.717, 1.165) is 5.56 Å². The molecule has 0 saturated heterocycles. The highest BCUT2D eigenvalue weighted by atomic mass is 16.3. The summed E-state index contributed by atoms with van der Waals surface area (Å²) in [7, 11) is 0. The molecule has 0 saturated carbocycles. The molecule has 1 heterocycles. The van der Waals surface area contributed by atoms with E-state index in [-0.39, 0.29) is 16.8 Å². The number of anilines is 1. The van der Waals surface area contributed by atoms with Gasteiger partial charge in [0.1, 0.15) is 11.3 Å². The van der Waals surface area contributed by atoms with E-state index in [1.165, 1.54) is 18.6 Å². The Morgan fingerprint density at radius 3 is 2.28 bits per heavy atom. The second-order valence-corrected chi connectivity index (χ2v) is 7.19. The van der Waals surface area contributed by atoms with Gasteiger partial charge < -0.3 is 9.73 Å². The number of amides is 1. The molecule has 0 fully saturated rings. The smallest absolute Gasteiger partial charge is 0.221 e. The molecule has 0 atom stereocenters. The van der Waals surface area contributed by atoms with Gasteiger partial charge in [0.15, 0.2) is 5.43 Å². The molecule has 4 nitrogen and oxygen atoms in total. The van der Waals surface area contributed by atoms with Crippen molar-refractivity contribution in [3.63, 3.8) is 0 Å². The van der Waals surface area contributed by atoms with Gasteiger partial charge in [-0.25, -0.2) is 0 Å². The summed E-state index contributed by atoms with van der Waals surface area (Å²) in [5, 5.41) is 3.19. The monoisotopic (exact) mass is 335 g/mol. The fourth-order valence-electron chi connectivity index (χ4n) is 2.71. The zero-order valence-corrected chi connectivity index (χ0v) is 14.8. The maximum Gasteiger partial charge on any atom is 0.221 e. The first kappa shape index (κ1) is 17.0. The van der Waals surface area contributed by atoms with E-state index < -0.39 is 0 Å². The van der Waals surface area contributed by atoms with E-state index in [0.29, 0.717) is 22.4 Å². The Morgan fingerprint density at radius 1 is 1.00 bits per heavy atom. The molecule has 25 heavy (non-hydrogen) atoms. The van der Waals surface area contributed by atoms with Crippen LogP contribution in [0.1, 0.15) is 33.3 Å². The summed E-state index contributed by atoms with van der Waals surface area (Å²) in [5.74, 6) is 0.341. The molecule has 1 amide bonds. The molecule has 0 unspecified atom stereocenters. The first-order valence-corrected chi connectivity index (χ1v) is 8.20. The van der Waals surface area contributed by atoms with Gasteiger partial charge in [0, 0.05) is 30.3 Å². The molecule has 128 valence electrons. The van der Waals surface area contributed by atoms with Gasteiger partial charge >= 0.3 is 0 Å². The van der Waals surface area contributed by atoms with E-state index in [4.69, 9.17) is 4.42 Å². The molecule has 0 bridgehead atoms. The fraction of sp³-hybridized carbons (Fsp3) is 0.238. The van der Waals surface area contributed by atoms with Gasteiger partial charge in [-0.3, -0.25) is 9.59 Å². The van der Waals surface area contributed by atoms with Crippen molar-refractivity contribution < 1.29 is 9.21 Å². The number of nitrogens with one attached hydrogen (secondary N) is 1.